The van der Waals surface area contributed by atoms with E-state index in [1.54, 1.807) is 91.0 Å². The van der Waals surface area contributed by atoms with E-state index in [1.165, 1.54) is 0 Å². The molecule has 0 aromatic heterocycles. The Balaban J connectivity index is 0.000000916. The number of hydrogen-bond donors (Lipinski definition) is 3. The van der Waals surface area contributed by atoms with E-state index in [0.29, 0.717) is 53.7 Å². The number of carboxylic acids is 3. The Hall–Kier alpha value is -5.52. The molecule has 0 aliphatic rings. The highest BCUT2D eigenvalue weighted by Gasteiger charge is 2.19. The fourth-order valence-electron chi connectivity index (χ4n) is 4.58. The van der Waals surface area contributed by atoms with Gasteiger partial charge >= 0.3 is 35.8 Å². The van der Waals surface area contributed by atoms with Crippen LogP contribution in [-0.2, 0) is 28.6 Å². The van der Waals surface area contributed by atoms with Crippen molar-refractivity contribution in [2.45, 2.75) is 105 Å². The fourth-order valence-corrected chi connectivity index (χ4v) is 4.58. The SMILES string of the molecule is CC(C)CCCC(=O)OCC(COC(=O)CCCC(C)C)OC(=O)CCCC(C)C.O=C(O)c1ccccc1.O=C(O)c1ccccc1.O=C(O)c1ccccc1. The van der Waals surface area contributed by atoms with Crippen molar-refractivity contribution in [2.24, 2.45) is 17.8 Å². The molecular weight excluding hydrogens is 732 g/mol. The van der Waals surface area contributed by atoms with Crippen molar-refractivity contribution in [3.05, 3.63) is 108 Å². The Morgan fingerprint density at radius 2 is 0.702 bits per heavy atom. The molecule has 0 unspecified atom stereocenters. The molecule has 12 heteroatoms. The average molecular weight is 795 g/mol. The Kier molecular flexibility index (Phi) is 28.6. The molecule has 3 rings (SSSR count). The van der Waals surface area contributed by atoms with Crippen LogP contribution in [0.2, 0.25) is 0 Å². The predicted octanol–water partition coefficient (Wildman–Crippen LogP) is 9.62. The van der Waals surface area contributed by atoms with E-state index in [4.69, 9.17) is 29.5 Å². The maximum absolute atomic E-state index is 12.1. The summed E-state index contributed by atoms with van der Waals surface area (Å²) in [5, 5.41) is 25.2. The second kappa shape index (κ2) is 31.7. The number of ether oxygens (including phenoxy) is 3. The molecule has 3 N–H and O–H groups in total. The highest BCUT2D eigenvalue weighted by Crippen LogP contribution is 2.11. The van der Waals surface area contributed by atoms with E-state index in [2.05, 4.69) is 41.5 Å². The van der Waals surface area contributed by atoms with Gasteiger partial charge in [-0.15, -0.1) is 0 Å². The molecule has 0 aliphatic carbocycles. The zero-order valence-electron chi connectivity index (χ0n) is 34.3. The smallest absolute Gasteiger partial charge is 0.335 e. The van der Waals surface area contributed by atoms with E-state index < -0.39 is 24.0 Å². The van der Waals surface area contributed by atoms with Gasteiger partial charge in [0.25, 0.3) is 0 Å². The van der Waals surface area contributed by atoms with E-state index in [-0.39, 0.29) is 31.1 Å². The third-order valence-corrected chi connectivity index (χ3v) is 7.71. The monoisotopic (exact) mass is 794 g/mol. The van der Waals surface area contributed by atoms with Crippen LogP contribution in [0.15, 0.2) is 91.0 Å². The van der Waals surface area contributed by atoms with Gasteiger partial charge in [-0.05, 0) is 73.4 Å². The Bertz CT molecular complexity index is 1410. The van der Waals surface area contributed by atoms with Crippen LogP contribution < -0.4 is 0 Å². The van der Waals surface area contributed by atoms with Gasteiger partial charge in [-0.3, -0.25) is 14.4 Å². The summed E-state index contributed by atoms with van der Waals surface area (Å²) in [6.07, 6.45) is 5.34. The van der Waals surface area contributed by atoms with Crippen molar-refractivity contribution in [3.63, 3.8) is 0 Å². The minimum Gasteiger partial charge on any atom is -0.478 e. The summed E-state index contributed by atoms with van der Waals surface area (Å²) in [5.74, 6) is -2.04. The van der Waals surface area contributed by atoms with Gasteiger partial charge in [-0.25, -0.2) is 14.4 Å². The molecule has 0 atom stereocenters. The predicted molar refractivity (Wildman–Crippen MR) is 218 cm³/mol. The second-order valence-corrected chi connectivity index (χ2v) is 14.3. The maximum atomic E-state index is 12.1. The topological polar surface area (TPSA) is 191 Å². The zero-order valence-corrected chi connectivity index (χ0v) is 34.3. The lowest BCUT2D eigenvalue weighted by molar-refractivity contribution is -0.167. The number of hydrogen-bond acceptors (Lipinski definition) is 9. The molecule has 0 radical (unpaired) electrons. The molecule has 3 aromatic rings. The number of carbonyl (C=O) groups excluding carboxylic acids is 3. The molecular formula is C45H62O12. The van der Waals surface area contributed by atoms with Crippen LogP contribution >= 0.6 is 0 Å². The number of benzene rings is 3. The first-order chi connectivity index (χ1) is 27.0. The van der Waals surface area contributed by atoms with Crippen molar-refractivity contribution in [2.75, 3.05) is 13.2 Å². The molecule has 0 aliphatic heterocycles. The third-order valence-electron chi connectivity index (χ3n) is 7.71. The van der Waals surface area contributed by atoms with Gasteiger partial charge in [-0.2, -0.15) is 0 Å². The van der Waals surface area contributed by atoms with E-state index in [9.17, 15) is 28.8 Å². The Morgan fingerprint density at radius 1 is 0.439 bits per heavy atom. The highest BCUT2D eigenvalue weighted by molar-refractivity contribution is 5.88. The number of esters is 3. The van der Waals surface area contributed by atoms with Crippen molar-refractivity contribution in [3.8, 4) is 0 Å². The number of rotatable bonds is 20. The van der Waals surface area contributed by atoms with Gasteiger partial charge in [0, 0.05) is 19.3 Å². The van der Waals surface area contributed by atoms with E-state index >= 15 is 0 Å². The largest absolute Gasteiger partial charge is 0.478 e. The van der Waals surface area contributed by atoms with Gasteiger partial charge in [0.05, 0.1) is 16.7 Å². The maximum Gasteiger partial charge on any atom is 0.335 e. The van der Waals surface area contributed by atoms with Gasteiger partial charge < -0.3 is 29.5 Å². The molecule has 0 bridgehead atoms. The molecule has 0 heterocycles. The molecule has 0 fully saturated rings. The molecule has 0 spiro atoms. The quantitative estimate of drug-likeness (QED) is 0.0726. The minimum atomic E-state index is -0.879. The third kappa shape index (κ3) is 30.4. The van der Waals surface area contributed by atoms with E-state index in [0.717, 1.165) is 38.5 Å². The van der Waals surface area contributed by atoms with Gasteiger partial charge in [0.2, 0.25) is 0 Å². The molecule has 314 valence electrons. The first kappa shape index (κ1) is 51.5. The van der Waals surface area contributed by atoms with E-state index in [1.807, 2.05) is 0 Å². The van der Waals surface area contributed by atoms with Gasteiger partial charge in [0.1, 0.15) is 13.2 Å². The lowest BCUT2D eigenvalue weighted by Gasteiger charge is -2.18. The van der Waals surface area contributed by atoms with Crippen LogP contribution in [0.4, 0.5) is 0 Å². The van der Waals surface area contributed by atoms with Crippen LogP contribution in [0.5, 0.6) is 0 Å². The van der Waals surface area contributed by atoms with Crippen molar-refractivity contribution < 1.29 is 58.3 Å². The first-order valence-electron chi connectivity index (χ1n) is 19.4. The summed E-state index contributed by atoms with van der Waals surface area (Å²) in [4.78, 5) is 66.6. The molecule has 0 saturated carbocycles. The Labute approximate surface area is 337 Å². The summed E-state index contributed by atoms with van der Waals surface area (Å²) >= 11 is 0. The minimum absolute atomic E-state index is 0.0876. The summed E-state index contributed by atoms with van der Waals surface area (Å²) in [6, 6.07) is 24.9. The number of carbonyl (C=O) groups is 6. The van der Waals surface area contributed by atoms with Crippen LogP contribution in [0.3, 0.4) is 0 Å². The lowest BCUT2D eigenvalue weighted by atomic mass is 10.1. The van der Waals surface area contributed by atoms with Gasteiger partial charge in [-0.1, -0.05) is 115 Å². The van der Waals surface area contributed by atoms with Crippen LogP contribution in [0, 0.1) is 17.8 Å². The Morgan fingerprint density at radius 3 is 0.930 bits per heavy atom. The summed E-state index contributed by atoms with van der Waals surface area (Å²) in [7, 11) is 0. The molecule has 0 amide bonds. The van der Waals surface area contributed by atoms with Crippen molar-refractivity contribution in [1.29, 1.82) is 0 Å². The number of carboxylic acid groups (broad SMARTS) is 3. The molecule has 57 heavy (non-hydrogen) atoms. The van der Waals surface area contributed by atoms with Crippen LogP contribution in [0.25, 0.3) is 0 Å². The zero-order chi connectivity index (χ0) is 43.0. The van der Waals surface area contributed by atoms with Crippen LogP contribution in [-0.4, -0.2) is 70.5 Å². The number of aromatic carboxylic acids is 3. The standard InChI is InChI=1S/C24H44O6.3C7H6O2/c1-18(2)10-7-13-22(25)28-16-21(30-24(27)15-9-12-20(5)6)17-29-23(26)14-8-11-19(3)4;3*8-7(9)6-4-2-1-3-5-6/h18-21H,7-17H2,1-6H3;3*1-5H,(H,8,9). The lowest BCUT2D eigenvalue weighted by Crippen LogP contribution is -2.31. The summed E-state index contributed by atoms with van der Waals surface area (Å²) < 4.78 is 16.0. The normalized spacial score (nSPS) is 10.2. The first-order valence-corrected chi connectivity index (χ1v) is 19.4. The van der Waals surface area contributed by atoms with Crippen LogP contribution in [0.1, 0.15) is 130 Å². The molecule has 3 aromatic carbocycles. The summed E-state index contributed by atoms with van der Waals surface area (Å²) in [5.41, 5.74) is 0.993. The van der Waals surface area contributed by atoms with Crippen molar-refractivity contribution >= 4 is 35.8 Å². The summed E-state index contributed by atoms with van der Waals surface area (Å²) in [6.45, 7) is 12.5. The van der Waals surface area contributed by atoms with Crippen molar-refractivity contribution in [1.82, 2.24) is 0 Å². The van der Waals surface area contributed by atoms with Gasteiger partial charge in [0.15, 0.2) is 6.10 Å². The second-order valence-electron chi connectivity index (χ2n) is 14.3. The molecule has 12 nitrogen and oxygen atoms in total. The highest BCUT2D eigenvalue weighted by atomic mass is 16.6. The average Bonchev–Trinajstić information content (AvgIpc) is 3.17. The fraction of sp³-hybridized carbons (Fsp3) is 0.467. The molecule has 0 saturated heterocycles.